The molecule has 0 aliphatic rings. The van der Waals surface area contributed by atoms with Crippen molar-refractivity contribution in [2.75, 3.05) is 11.5 Å². The van der Waals surface area contributed by atoms with E-state index in [1.54, 1.807) is 6.92 Å². The summed E-state index contributed by atoms with van der Waals surface area (Å²) in [6.07, 6.45) is -3.69. The van der Waals surface area contributed by atoms with Crippen LogP contribution in [0, 0.1) is 0 Å². The maximum atomic E-state index is 13.6. The molecule has 2 aromatic heterocycles. The third-order valence-corrected chi connectivity index (χ3v) is 6.03. The van der Waals surface area contributed by atoms with Gasteiger partial charge in [-0.3, -0.25) is 8.89 Å². The quantitative estimate of drug-likeness (QED) is 0.215. The lowest BCUT2D eigenvalue weighted by molar-refractivity contribution is -0.287. The van der Waals surface area contributed by atoms with Crippen molar-refractivity contribution in [1.82, 2.24) is 14.8 Å². The van der Waals surface area contributed by atoms with Crippen molar-refractivity contribution in [3.8, 4) is 0 Å². The Morgan fingerprint density at radius 2 is 1.79 bits per heavy atom. The molecule has 0 saturated carbocycles. The molecule has 0 bridgehead atoms. The molecule has 14 heteroatoms. The number of pyridine rings is 1. The van der Waals surface area contributed by atoms with Gasteiger partial charge < -0.3 is 5.73 Å². The van der Waals surface area contributed by atoms with Crippen molar-refractivity contribution >= 4 is 38.3 Å². The molecule has 6 nitrogen and oxygen atoms in total. The molecule has 3 aromatic rings. The van der Waals surface area contributed by atoms with Crippen molar-refractivity contribution in [1.29, 1.82) is 0 Å². The number of alkyl halides is 7. The summed E-state index contributed by atoms with van der Waals surface area (Å²) < 4.78 is 105. The number of hydrogen-bond acceptors (Lipinski definition) is 5. The maximum absolute atomic E-state index is 13.6. The third kappa shape index (κ3) is 5.21. The van der Waals surface area contributed by atoms with Crippen molar-refractivity contribution in [3.63, 3.8) is 0 Å². The van der Waals surface area contributed by atoms with Gasteiger partial charge in [0, 0.05) is 34.9 Å². The molecule has 2 heterocycles. The van der Waals surface area contributed by atoms with Crippen LogP contribution in [0.1, 0.15) is 25.0 Å². The minimum atomic E-state index is -5.75. The first-order valence-electron chi connectivity index (χ1n) is 9.65. The summed E-state index contributed by atoms with van der Waals surface area (Å²) in [4.78, 5) is 8.13. The molecule has 1 atom stereocenters. The molecule has 0 aliphatic carbocycles. The lowest BCUT2D eigenvalue weighted by atomic mass is 10.1. The van der Waals surface area contributed by atoms with Crippen LogP contribution in [0.4, 0.5) is 42.2 Å². The average Bonchev–Trinajstić information content (AvgIpc) is 3.11. The Morgan fingerprint density at radius 3 is 2.35 bits per heavy atom. The second-order valence-electron chi connectivity index (χ2n) is 7.35. The first-order valence-corrected chi connectivity index (χ1v) is 11.0. The van der Waals surface area contributed by atoms with Crippen LogP contribution in [-0.2, 0) is 23.3 Å². The number of anilines is 1. The van der Waals surface area contributed by atoms with E-state index in [0.29, 0.717) is 11.6 Å². The summed E-state index contributed by atoms with van der Waals surface area (Å²) >= 11 is 0. The van der Waals surface area contributed by atoms with Crippen LogP contribution in [0.3, 0.4) is 0 Å². The van der Waals surface area contributed by atoms with Gasteiger partial charge in [0.1, 0.15) is 11.6 Å². The fraction of sp³-hybridized carbons (Fsp3) is 0.350. The Morgan fingerprint density at radius 1 is 1.12 bits per heavy atom. The molecule has 0 radical (unpaired) electrons. The van der Waals surface area contributed by atoms with Crippen LogP contribution in [0.5, 0.6) is 0 Å². The molecule has 34 heavy (non-hydrogen) atoms. The molecule has 2 N–H and O–H groups in total. The maximum Gasteiger partial charge on any atom is 0.455 e. The lowest BCUT2D eigenvalue weighted by Crippen LogP contribution is -2.40. The molecule has 0 saturated heterocycles. The van der Waals surface area contributed by atoms with Gasteiger partial charge in [0.05, 0.1) is 28.7 Å². The Kier molecular flexibility index (Phi) is 6.75. The standard InChI is InChI=1S/C20H18F7N5OS/c1-3-34(33)17(13-5-4-12(7-14(13)28)18(2,21)22)31-16-6-11-8-30-32(15(11)9-29-16)10-19(23,24)20(25,26)27/h4-9H,3,10,28H2,1-2H3. The number of halogens is 7. The number of hydrogen-bond donors (Lipinski definition) is 1. The average molecular weight is 509 g/mol. The Hall–Kier alpha value is -3.03. The second-order valence-corrected chi connectivity index (χ2v) is 9.00. The fourth-order valence-corrected chi connectivity index (χ4v) is 3.84. The largest absolute Gasteiger partial charge is 0.455 e. The molecule has 0 aliphatic heterocycles. The van der Waals surface area contributed by atoms with Crippen molar-refractivity contribution in [2.24, 2.45) is 4.99 Å². The Balaban J connectivity index is 2.02. The summed E-state index contributed by atoms with van der Waals surface area (Å²) in [7, 11) is -1.71. The van der Waals surface area contributed by atoms with Crippen LogP contribution in [0.15, 0.2) is 41.7 Å². The monoisotopic (exact) mass is 509 g/mol. The van der Waals surface area contributed by atoms with E-state index in [1.165, 1.54) is 12.1 Å². The van der Waals surface area contributed by atoms with Crippen LogP contribution < -0.4 is 5.73 Å². The third-order valence-electron chi connectivity index (χ3n) is 4.76. The smallest absolute Gasteiger partial charge is 0.398 e. The van der Waals surface area contributed by atoms with Crippen LogP contribution in [0.2, 0.25) is 0 Å². The molecule has 1 aromatic carbocycles. The molecule has 184 valence electrons. The van der Waals surface area contributed by atoms with Gasteiger partial charge in [0.2, 0.25) is 0 Å². The summed E-state index contributed by atoms with van der Waals surface area (Å²) in [5.74, 6) is -8.11. The highest BCUT2D eigenvalue weighted by atomic mass is 32.2. The molecule has 3 rings (SSSR count). The minimum Gasteiger partial charge on any atom is -0.398 e. The summed E-state index contributed by atoms with van der Waals surface area (Å²) in [5.41, 5.74) is 5.50. The number of nitrogens with zero attached hydrogens (tertiary/aromatic N) is 4. The number of aliphatic imine (C=N–C) groups is 1. The van der Waals surface area contributed by atoms with Crippen molar-refractivity contribution in [3.05, 3.63) is 47.8 Å². The van der Waals surface area contributed by atoms with E-state index in [-0.39, 0.29) is 44.3 Å². The van der Waals surface area contributed by atoms with Crippen molar-refractivity contribution < 1.29 is 34.9 Å². The van der Waals surface area contributed by atoms with E-state index >= 15 is 0 Å². The van der Waals surface area contributed by atoms with Crippen LogP contribution in [-0.4, -0.2) is 41.9 Å². The Labute approximate surface area is 191 Å². The number of fused-ring (bicyclic) bond motifs is 1. The van der Waals surface area contributed by atoms with E-state index in [2.05, 4.69) is 15.1 Å². The van der Waals surface area contributed by atoms with Gasteiger partial charge in [0.25, 0.3) is 5.92 Å². The summed E-state index contributed by atoms with van der Waals surface area (Å²) in [5, 5.41) is 3.66. The topological polar surface area (TPSA) is 86.2 Å². The normalized spacial score (nSPS) is 14.6. The van der Waals surface area contributed by atoms with Gasteiger partial charge >= 0.3 is 12.1 Å². The SMILES string of the molecule is CCS(=O)C(=Nc1cc2cnn(CC(F)(F)C(F)(F)F)c2cn1)c1ccc(C(C)(F)F)cc1N. The highest BCUT2D eigenvalue weighted by Crippen LogP contribution is 2.37. The number of nitrogen functional groups attached to an aromatic ring is 1. The second kappa shape index (κ2) is 8.96. The molecule has 0 amide bonds. The first-order chi connectivity index (χ1) is 15.6. The highest BCUT2D eigenvalue weighted by molar-refractivity contribution is 8.01. The van der Waals surface area contributed by atoms with Gasteiger partial charge in [-0.25, -0.2) is 18.8 Å². The first kappa shape index (κ1) is 25.6. The van der Waals surface area contributed by atoms with E-state index < -0.39 is 35.4 Å². The zero-order chi connectivity index (χ0) is 25.5. The van der Waals surface area contributed by atoms with E-state index in [1.807, 2.05) is 0 Å². The number of nitrogens with two attached hydrogens (primary N) is 1. The fourth-order valence-electron chi connectivity index (χ4n) is 2.94. The summed E-state index contributed by atoms with van der Waals surface area (Å²) in [6, 6.07) is 4.67. The van der Waals surface area contributed by atoms with Gasteiger partial charge in [-0.2, -0.15) is 27.1 Å². The number of rotatable bonds is 6. The molecule has 1 unspecified atom stereocenters. The Bertz CT molecular complexity index is 1260. The molecular weight excluding hydrogens is 491 g/mol. The van der Waals surface area contributed by atoms with E-state index in [9.17, 15) is 34.9 Å². The highest BCUT2D eigenvalue weighted by Gasteiger charge is 2.57. The van der Waals surface area contributed by atoms with E-state index in [4.69, 9.17) is 5.73 Å². The van der Waals surface area contributed by atoms with Crippen LogP contribution in [0.25, 0.3) is 10.9 Å². The van der Waals surface area contributed by atoms with Gasteiger partial charge in [-0.15, -0.1) is 0 Å². The van der Waals surface area contributed by atoms with Gasteiger partial charge in [0.15, 0.2) is 5.82 Å². The minimum absolute atomic E-state index is 0.0595. The zero-order valence-electron chi connectivity index (χ0n) is 17.7. The van der Waals surface area contributed by atoms with Gasteiger partial charge in [-0.05, 0) is 18.2 Å². The van der Waals surface area contributed by atoms with Crippen molar-refractivity contribution in [2.45, 2.75) is 38.4 Å². The summed E-state index contributed by atoms with van der Waals surface area (Å²) in [6.45, 7) is 0.558. The zero-order valence-corrected chi connectivity index (χ0v) is 18.5. The van der Waals surface area contributed by atoms with Gasteiger partial charge in [-0.1, -0.05) is 13.0 Å². The van der Waals surface area contributed by atoms with Crippen LogP contribution >= 0.6 is 0 Å². The lowest BCUT2D eigenvalue weighted by Gasteiger charge is -2.19. The number of benzene rings is 1. The number of aromatic nitrogens is 3. The van der Waals surface area contributed by atoms with E-state index in [0.717, 1.165) is 24.5 Å². The predicted molar refractivity (Wildman–Crippen MR) is 114 cm³/mol. The predicted octanol–water partition coefficient (Wildman–Crippen LogP) is 5.17. The molecule has 0 spiro atoms. The molecule has 0 fully saturated rings. The molecular formula is C20H18F7N5OS.